The van der Waals surface area contributed by atoms with E-state index >= 15 is 0 Å². The van der Waals surface area contributed by atoms with Gasteiger partial charge in [-0.3, -0.25) is 9.36 Å². The molecule has 0 amide bonds. The Morgan fingerprint density at radius 1 is 0.838 bits per heavy atom. The number of benzene rings is 2. The monoisotopic (exact) mass is 525 g/mol. The number of alkyl halides is 6. The van der Waals surface area contributed by atoms with Gasteiger partial charge in [0.15, 0.2) is 11.4 Å². The average molecular weight is 525 g/mol. The molecule has 0 aliphatic heterocycles. The minimum absolute atomic E-state index is 0.0322. The highest BCUT2D eigenvalue weighted by Crippen LogP contribution is 2.36. The lowest BCUT2D eigenvalue weighted by molar-refractivity contribution is -0.141. The molecule has 0 aliphatic rings. The van der Waals surface area contributed by atoms with Gasteiger partial charge in [0.25, 0.3) is 0 Å². The smallest absolute Gasteiger partial charge is 0.435 e. The van der Waals surface area contributed by atoms with Crippen molar-refractivity contribution < 1.29 is 36.2 Å². The summed E-state index contributed by atoms with van der Waals surface area (Å²) in [4.78, 5) is 10.8. The normalized spacial score (nSPS) is 12.2. The topological polar surface area (TPSA) is 96.7 Å². The number of nitriles is 1. The molecule has 2 aromatic carbocycles. The van der Waals surface area contributed by atoms with Gasteiger partial charge < -0.3 is 5.11 Å². The third-order valence-corrected chi connectivity index (χ3v) is 5.30. The molecule has 4 aromatic rings. The fraction of sp³-hybridized carbons (Fsp3) is 0.333. The fourth-order valence-corrected chi connectivity index (χ4v) is 3.69. The van der Waals surface area contributed by atoms with Crippen molar-refractivity contribution in [2.24, 2.45) is 0 Å². The lowest BCUT2D eigenvalue weighted by Crippen LogP contribution is -2.09. The molecular formula is C24H21F6N5O2. The van der Waals surface area contributed by atoms with Gasteiger partial charge in [0, 0.05) is 22.9 Å². The molecule has 13 heteroatoms. The van der Waals surface area contributed by atoms with Crippen LogP contribution >= 0.6 is 0 Å². The van der Waals surface area contributed by atoms with Crippen LogP contribution in [0.5, 0.6) is 0 Å². The summed E-state index contributed by atoms with van der Waals surface area (Å²) in [6.45, 7) is 6.92. The van der Waals surface area contributed by atoms with Gasteiger partial charge in [0.2, 0.25) is 0 Å². The Kier molecular flexibility index (Phi) is 7.26. The predicted molar refractivity (Wildman–Crippen MR) is 122 cm³/mol. The Bertz CT molecular complexity index is 1510. The SMILES string of the molecule is CC(C)n1nc(C(F)(F)F)c2cc(C#N)ccc21.CC(C)n1nc(C(F)(F)F)c2cc(C(=O)O)ccc21. The molecule has 2 aromatic heterocycles. The average Bonchev–Trinajstić information content (AvgIpc) is 3.37. The van der Waals surface area contributed by atoms with Crippen molar-refractivity contribution in [3.05, 3.63) is 58.9 Å². The fourth-order valence-electron chi connectivity index (χ4n) is 3.69. The van der Waals surface area contributed by atoms with E-state index in [-0.39, 0.29) is 39.5 Å². The number of aromatic carboxylic acids is 1. The molecule has 0 radical (unpaired) electrons. The second-order valence-corrected chi connectivity index (χ2v) is 8.65. The van der Waals surface area contributed by atoms with Crippen LogP contribution in [0.2, 0.25) is 0 Å². The maximum atomic E-state index is 12.9. The lowest BCUT2D eigenvalue weighted by Gasteiger charge is -2.06. The van der Waals surface area contributed by atoms with Gasteiger partial charge in [-0.05, 0) is 64.1 Å². The van der Waals surface area contributed by atoms with E-state index in [9.17, 15) is 31.1 Å². The number of carboxylic acid groups (broad SMARTS) is 1. The van der Waals surface area contributed by atoms with E-state index < -0.39 is 29.7 Å². The second-order valence-electron chi connectivity index (χ2n) is 8.65. The number of aromatic nitrogens is 4. The molecule has 0 spiro atoms. The molecule has 0 atom stereocenters. The van der Waals surface area contributed by atoms with E-state index in [4.69, 9.17) is 10.4 Å². The molecule has 0 fully saturated rings. The Morgan fingerprint density at radius 3 is 1.65 bits per heavy atom. The van der Waals surface area contributed by atoms with E-state index in [1.165, 1.54) is 39.7 Å². The largest absolute Gasteiger partial charge is 0.478 e. The molecule has 1 N–H and O–H groups in total. The van der Waals surface area contributed by atoms with Crippen molar-refractivity contribution in [2.75, 3.05) is 0 Å². The van der Waals surface area contributed by atoms with Crippen LogP contribution in [0.15, 0.2) is 36.4 Å². The number of nitrogens with zero attached hydrogens (tertiary/aromatic N) is 5. The maximum absolute atomic E-state index is 12.9. The number of rotatable bonds is 3. The van der Waals surface area contributed by atoms with Crippen molar-refractivity contribution in [1.82, 2.24) is 19.6 Å². The zero-order valence-electron chi connectivity index (χ0n) is 20.0. The number of fused-ring (bicyclic) bond motifs is 2. The summed E-state index contributed by atoms with van der Waals surface area (Å²) in [7, 11) is 0. The van der Waals surface area contributed by atoms with Crippen LogP contribution in [0, 0.1) is 11.3 Å². The summed E-state index contributed by atoms with van der Waals surface area (Å²) >= 11 is 0. The second kappa shape index (κ2) is 9.76. The minimum atomic E-state index is -4.62. The molecule has 2 heterocycles. The minimum Gasteiger partial charge on any atom is -0.478 e. The standard InChI is InChI=1S/C12H10F3N3.C12H11F3N2O2/c1-7(2)18-10-4-3-8(6-16)5-9(10)11(17-18)12(13,14)15;1-6(2)17-9-4-3-7(11(18)19)5-8(9)10(16-17)12(13,14)15/h3-5,7H,1-2H3;3-6H,1-2H3,(H,18,19). The van der Waals surface area contributed by atoms with Gasteiger partial charge in [-0.1, -0.05) is 0 Å². The highest BCUT2D eigenvalue weighted by molar-refractivity contribution is 5.94. The first-order chi connectivity index (χ1) is 17.1. The summed E-state index contributed by atoms with van der Waals surface area (Å²) in [5.41, 5.74) is -1.34. The number of carboxylic acids is 1. The summed E-state index contributed by atoms with van der Waals surface area (Å²) in [6.07, 6.45) is -9.14. The quantitative estimate of drug-likeness (QED) is 0.295. The number of hydrogen-bond donors (Lipinski definition) is 1. The van der Waals surface area contributed by atoms with Crippen LogP contribution in [-0.2, 0) is 12.4 Å². The van der Waals surface area contributed by atoms with E-state index in [1.807, 2.05) is 6.07 Å². The number of halogens is 6. The van der Waals surface area contributed by atoms with Crippen LogP contribution in [0.1, 0.15) is 67.1 Å². The first-order valence-electron chi connectivity index (χ1n) is 10.9. The van der Waals surface area contributed by atoms with Crippen molar-refractivity contribution in [3.8, 4) is 6.07 Å². The van der Waals surface area contributed by atoms with Crippen molar-refractivity contribution >= 4 is 27.8 Å². The molecule has 196 valence electrons. The first kappa shape index (κ1) is 27.5. The Balaban J connectivity index is 0.000000206. The summed E-state index contributed by atoms with van der Waals surface area (Å²) in [6, 6.07) is 9.23. The zero-order chi connectivity index (χ0) is 27.9. The molecular weight excluding hydrogens is 504 g/mol. The molecule has 0 aliphatic carbocycles. The van der Waals surface area contributed by atoms with Crippen molar-refractivity contribution in [1.29, 1.82) is 5.26 Å². The molecule has 4 rings (SSSR count). The van der Waals surface area contributed by atoms with Crippen LogP contribution in [0.3, 0.4) is 0 Å². The van der Waals surface area contributed by atoms with E-state index in [0.29, 0.717) is 5.52 Å². The zero-order valence-corrected chi connectivity index (χ0v) is 20.0. The number of carbonyl (C=O) groups is 1. The molecule has 0 saturated heterocycles. The van der Waals surface area contributed by atoms with Crippen LogP contribution in [0.4, 0.5) is 26.3 Å². The van der Waals surface area contributed by atoms with Gasteiger partial charge in [-0.15, -0.1) is 0 Å². The summed E-state index contributed by atoms with van der Waals surface area (Å²) in [5.74, 6) is -1.27. The van der Waals surface area contributed by atoms with Gasteiger partial charge >= 0.3 is 18.3 Å². The van der Waals surface area contributed by atoms with E-state index in [2.05, 4.69) is 10.2 Å². The van der Waals surface area contributed by atoms with Crippen molar-refractivity contribution in [3.63, 3.8) is 0 Å². The predicted octanol–water partition coefficient (Wildman–Crippen LogP) is 6.84. The van der Waals surface area contributed by atoms with E-state index in [0.717, 1.165) is 6.07 Å². The van der Waals surface area contributed by atoms with Crippen molar-refractivity contribution in [2.45, 2.75) is 52.1 Å². The highest BCUT2D eigenvalue weighted by atomic mass is 19.4. The maximum Gasteiger partial charge on any atom is 0.435 e. The van der Waals surface area contributed by atoms with Gasteiger partial charge in [0.1, 0.15) is 0 Å². The molecule has 0 bridgehead atoms. The first-order valence-corrected chi connectivity index (χ1v) is 10.9. The van der Waals surface area contributed by atoms with Crippen LogP contribution in [0.25, 0.3) is 21.8 Å². The highest BCUT2D eigenvalue weighted by Gasteiger charge is 2.38. The molecule has 0 unspecified atom stereocenters. The number of hydrogen-bond acceptors (Lipinski definition) is 4. The molecule has 37 heavy (non-hydrogen) atoms. The summed E-state index contributed by atoms with van der Waals surface area (Å²) in [5, 5.41) is 24.5. The van der Waals surface area contributed by atoms with Gasteiger partial charge in [0.05, 0.1) is 28.2 Å². The third-order valence-electron chi connectivity index (χ3n) is 5.30. The van der Waals surface area contributed by atoms with Crippen LogP contribution < -0.4 is 0 Å². The Labute approximate surface area is 206 Å². The van der Waals surface area contributed by atoms with E-state index in [1.54, 1.807) is 27.7 Å². The lowest BCUT2D eigenvalue weighted by atomic mass is 10.1. The molecule has 7 nitrogen and oxygen atoms in total. The van der Waals surface area contributed by atoms with Crippen LogP contribution in [-0.4, -0.2) is 30.6 Å². The molecule has 0 saturated carbocycles. The third kappa shape index (κ3) is 5.52. The Morgan fingerprint density at radius 2 is 1.27 bits per heavy atom. The van der Waals surface area contributed by atoms with Gasteiger partial charge in [-0.25, -0.2) is 4.79 Å². The Hall–Kier alpha value is -4.08. The summed E-state index contributed by atoms with van der Waals surface area (Å²) < 4.78 is 79.9. The van der Waals surface area contributed by atoms with Gasteiger partial charge in [-0.2, -0.15) is 41.8 Å².